The fourth-order valence-corrected chi connectivity index (χ4v) is 2.30. The molecule has 106 valence electrons. The first kappa shape index (κ1) is 14.2. The summed E-state index contributed by atoms with van der Waals surface area (Å²) >= 11 is 0. The lowest BCUT2D eigenvalue weighted by molar-refractivity contribution is 0.389. The smallest absolute Gasteiger partial charge is 0.123 e. The van der Waals surface area contributed by atoms with Gasteiger partial charge in [0, 0.05) is 18.2 Å². The second-order valence-electron chi connectivity index (χ2n) is 5.08. The fourth-order valence-electron chi connectivity index (χ4n) is 2.30. The molecule has 0 spiro atoms. The molecule has 1 unspecified atom stereocenters. The Balaban J connectivity index is 2.05. The van der Waals surface area contributed by atoms with Gasteiger partial charge in [-0.1, -0.05) is 12.8 Å². The van der Waals surface area contributed by atoms with E-state index >= 15 is 0 Å². The van der Waals surface area contributed by atoms with Gasteiger partial charge in [-0.05, 0) is 37.1 Å². The summed E-state index contributed by atoms with van der Waals surface area (Å²) in [4.78, 5) is 0. The van der Waals surface area contributed by atoms with Crippen molar-refractivity contribution in [3.8, 4) is 11.5 Å². The van der Waals surface area contributed by atoms with Gasteiger partial charge in [-0.25, -0.2) is 0 Å². The summed E-state index contributed by atoms with van der Waals surface area (Å²) in [5, 5.41) is 3.52. The Morgan fingerprint density at radius 2 is 2.11 bits per heavy atom. The van der Waals surface area contributed by atoms with Crippen LogP contribution in [0.3, 0.4) is 0 Å². The first-order chi connectivity index (χ1) is 9.28. The van der Waals surface area contributed by atoms with Crippen molar-refractivity contribution < 1.29 is 9.47 Å². The van der Waals surface area contributed by atoms with Crippen LogP contribution < -0.4 is 20.5 Å². The molecule has 0 aliphatic heterocycles. The van der Waals surface area contributed by atoms with E-state index in [2.05, 4.69) is 5.32 Å². The molecule has 3 N–H and O–H groups in total. The van der Waals surface area contributed by atoms with Gasteiger partial charge in [0.15, 0.2) is 0 Å². The molecule has 0 bridgehead atoms. The van der Waals surface area contributed by atoms with E-state index in [4.69, 9.17) is 15.2 Å². The maximum atomic E-state index is 5.89. The molecule has 19 heavy (non-hydrogen) atoms. The molecule has 0 amide bonds. The Morgan fingerprint density at radius 1 is 1.32 bits per heavy atom. The third kappa shape index (κ3) is 3.85. The first-order valence-corrected chi connectivity index (χ1v) is 6.93. The Labute approximate surface area is 115 Å². The minimum Gasteiger partial charge on any atom is -0.497 e. The van der Waals surface area contributed by atoms with Crippen molar-refractivity contribution >= 4 is 0 Å². The zero-order chi connectivity index (χ0) is 13.7. The molecule has 1 saturated carbocycles. The van der Waals surface area contributed by atoms with Gasteiger partial charge in [0.25, 0.3) is 0 Å². The largest absolute Gasteiger partial charge is 0.497 e. The predicted octanol–water partition coefficient (Wildman–Crippen LogP) is 2.09. The number of benzene rings is 1. The molecule has 1 aromatic rings. The molecule has 1 atom stereocenters. The number of methoxy groups -OCH3 is 2. The molecule has 1 aliphatic rings. The van der Waals surface area contributed by atoms with Crippen molar-refractivity contribution in [1.29, 1.82) is 0 Å². The van der Waals surface area contributed by atoms with Gasteiger partial charge in [0.1, 0.15) is 11.5 Å². The van der Waals surface area contributed by atoms with Gasteiger partial charge in [0.05, 0.1) is 14.2 Å². The van der Waals surface area contributed by atoms with Crippen molar-refractivity contribution in [3.05, 3.63) is 23.8 Å². The highest BCUT2D eigenvalue weighted by atomic mass is 16.5. The van der Waals surface area contributed by atoms with Crippen LogP contribution in [0.5, 0.6) is 11.5 Å². The van der Waals surface area contributed by atoms with Crippen LogP contribution in [-0.2, 0) is 0 Å². The molecule has 1 aromatic carbocycles. The van der Waals surface area contributed by atoms with Crippen LogP contribution in [0.2, 0.25) is 0 Å². The highest BCUT2D eigenvalue weighted by Gasteiger charge is 2.21. The van der Waals surface area contributed by atoms with Gasteiger partial charge in [-0.2, -0.15) is 0 Å². The van der Waals surface area contributed by atoms with Crippen LogP contribution in [0, 0.1) is 5.92 Å². The second-order valence-corrected chi connectivity index (χ2v) is 5.08. The van der Waals surface area contributed by atoms with Gasteiger partial charge >= 0.3 is 0 Å². The number of rotatable bonds is 8. The summed E-state index contributed by atoms with van der Waals surface area (Å²) in [6.07, 6.45) is 4.01. The lowest BCUT2D eigenvalue weighted by Gasteiger charge is -2.20. The second kappa shape index (κ2) is 6.78. The zero-order valence-electron chi connectivity index (χ0n) is 11.8. The number of hydrogen-bond donors (Lipinski definition) is 2. The molecular weight excluding hydrogens is 240 g/mol. The zero-order valence-corrected chi connectivity index (χ0v) is 11.8. The van der Waals surface area contributed by atoms with Gasteiger partial charge in [-0.3, -0.25) is 0 Å². The van der Waals surface area contributed by atoms with E-state index in [9.17, 15) is 0 Å². The van der Waals surface area contributed by atoms with E-state index in [1.807, 2.05) is 18.2 Å². The van der Waals surface area contributed by atoms with Crippen LogP contribution in [0.1, 0.15) is 30.9 Å². The number of ether oxygens (including phenoxy) is 2. The summed E-state index contributed by atoms with van der Waals surface area (Å²) in [5.41, 5.74) is 6.96. The average molecular weight is 264 g/mol. The van der Waals surface area contributed by atoms with Crippen LogP contribution in [-0.4, -0.2) is 27.3 Å². The maximum Gasteiger partial charge on any atom is 0.123 e. The molecule has 2 rings (SSSR count). The summed E-state index contributed by atoms with van der Waals surface area (Å²) in [7, 11) is 3.35. The lowest BCUT2D eigenvalue weighted by atomic mass is 10.0. The number of nitrogens with one attached hydrogen (secondary N) is 1. The van der Waals surface area contributed by atoms with Gasteiger partial charge in [-0.15, -0.1) is 0 Å². The summed E-state index contributed by atoms with van der Waals surface area (Å²) in [6, 6.07) is 5.95. The average Bonchev–Trinajstić information content (AvgIpc) is 3.27. The Hall–Kier alpha value is -1.26. The van der Waals surface area contributed by atoms with Crippen molar-refractivity contribution in [3.63, 3.8) is 0 Å². The van der Waals surface area contributed by atoms with Gasteiger partial charge < -0.3 is 20.5 Å². The topological polar surface area (TPSA) is 56.5 Å². The minimum absolute atomic E-state index is 0.115. The summed E-state index contributed by atoms with van der Waals surface area (Å²) in [6.45, 7) is 1.56. The number of nitrogens with two attached hydrogens (primary N) is 1. The highest BCUT2D eigenvalue weighted by Crippen LogP contribution is 2.33. The maximum absolute atomic E-state index is 5.89. The quantitative estimate of drug-likeness (QED) is 0.755. The Morgan fingerprint density at radius 3 is 2.68 bits per heavy atom. The van der Waals surface area contributed by atoms with Crippen molar-refractivity contribution in [2.24, 2.45) is 11.7 Å². The highest BCUT2D eigenvalue weighted by molar-refractivity contribution is 5.42. The summed E-state index contributed by atoms with van der Waals surface area (Å²) in [5.74, 6) is 2.62. The summed E-state index contributed by atoms with van der Waals surface area (Å²) < 4.78 is 10.7. The molecule has 1 fully saturated rings. The molecule has 4 heteroatoms. The van der Waals surface area contributed by atoms with Crippen molar-refractivity contribution in [2.45, 2.75) is 25.3 Å². The normalized spacial score (nSPS) is 16.2. The van der Waals surface area contributed by atoms with Crippen LogP contribution in [0.4, 0.5) is 0 Å². The van der Waals surface area contributed by atoms with E-state index < -0.39 is 0 Å². The third-order valence-corrected chi connectivity index (χ3v) is 3.69. The lowest BCUT2D eigenvalue weighted by Crippen LogP contribution is -2.29. The van der Waals surface area contributed by atoms with Crippen LogP contribution >= 0.6 is 0 Å². The van der Waals surface area contributed by atoms with E-state index in [0.717, 1.165) is 29.5 Å². The van der Waals surface area contributed by atoms with E-state index in [1.165, 1.54) is 19.3 Å². The molecule has 0 heterocycles. The molecule has 0 radical (unpaired) electrons. The molecule has 0 saturated heterocycles. The number of hydrogen-bond acceptors (Lipinski definition) is 4. The fraction of sp³-hybridized carbons (Fsp3) is 0.600. The van der Waals surface area contributed by atoms with E-state index in [-0.39, 0.29) is 6.04 Å². The molecular formula is C15H24N2O2. The minimum atomic E-state index is 0.115. The predicted molar refractivity (Wildman–Crippen MR) is 76.7 cm³/mol. The van der Waals surface area contributed by atoms with E-state index in [0.29, 0.717) is 6.54 Å². The molecule has 0 aromatic heterocycles. The van der Waals surface area contributed by atoms with Crippen molar-refractivity contribution in [2.75, 3.05) is 27.3 Å². The Kier molecular flexibility index (Phi) is 5.05. The SMILES string of the molecule is COc1ccc(OC)c(C(CN)NCCC2CC2)c1. The van der Waals surface area contributed by atoms with E-state index in [1.54, 1.807) is 14.2 Å². The molecule has 4 nitrogen and oxygen atoms in total. The standard InChI is InChI=1S/C15H24N2O2/c1-18-12-5-6-15(19-2)13(9-12)14(10-16)17-8-7-11-3-4-11/h5-6,9,11,14,17H,3-4,7-8,10,16H2,1-2H3. The first-order valence-electron chi connectivity index (χ1n) is 6.93. The van der Waals surface area contributed by atoms with Gasteiger partial charge in [0.2, 0.25) is 0 Å². The Bertz CT molecular complexity index is 405. The van der Waals surface area contributed by atoms with Crippen LogP contribution in [0.15, 0.2) is 18.2 Å². The molecule has 1 aliphatic carbocycles. The van der Waals surface area contributed by atoms with Crippen LogP contribution in [0.25, 0.3) is 0 Å². The third-order valence-electron chi connectivity index (χ3n) is 3.69. The monoisotopic (exact) mass is 264 g/mol. The van der Waals surface area contributed by atoms with Crippen molar-refractivity contribution in [1.82, 2.24) is 5.32 Å².